The summed E-state index contributed by atoms with van der Waals surface area (Å²) < 4.78 is 11.4. The Labute approximate surface area is 186 Å². The van der Waals surface area contributed by atoms with Gasteiger partial charge in [0.25, 0.3) is 5.91 Å². The lowest BCUT2D eigenvalue weighted by Crippen LogP contribution is -2.20. The molecular weight excluding hydrogens is 412 g/mol. The number of ether oxygens (including phenoxy) is 1. The van der Waals surface area contributed by atoms with Crippen LogP contribution in [0.5, 0.6) is 5.75 Å². The van der Waals surface area contributed by atoms with E-state index in [0.29, 0.717) is 39.4 Å². The lowest BCUT2D eigenvalue weighted by atomic mass is 9.99. The third-order valence-corrected chi connectivity index (χ3v) is 5.41. The highest BCUT2D eigenvalue weighted by molar-refractivity contribution is 6.31. The molecule has 6 heteroatoms. The number of nitrogens with one attached hydrogen (secondary N) is 1. The van der Waals surface area contributed by atoms with E-state index in [2.05, 4.69) is 24.1 Å². The minimum Gasteiger partial charge on any atom is -0.484 e. The highest BCUT2D eigenvalue weighted by Gasteiger charge is 2.11. The molecule has 0 saturated carbocycles. The Bertz CT molecular complexity index is 1200. The fourth-order valence-electron chi connectivity index (χ4n) is 3.23. The van der Waals surface area contributed by atoms with E-state index in [1.54, 1.807) is 18.2 Å². The van der Waals surface area contributed by atoms with Crippen LogP contribution in [0, 0.1) is 0 Å². The monoisotopic (exact) mass is 434 g/mol. The van der Waals surface area contributed by atoms with Gasteiger partial charge in [-0.2, -0.15) is 0 Å². The molecule has 0 spiro atoms. The molecule has 4 rings (SSSR count). The van der Waals surface area contributed by atoms with Crippen molar-refractivity contribution in [3.05, 3.63) is 77.3 Å². The summed E-state index contributed by atoms with van der Waals surface area (Å²) in [6, 6.07) is 20.5. The molecule has 0 radical (unpaired) electrons. The van der Waals surface area contributed by atoms with Crippen molar-refractivity contribution in [3.63, 3.8) is 0 Å². The average Bonchev–Trinajstić information content (AvgIpc) is 3.21. The zero-order valence-electron chi connectivity index (χ0n) is 17.4. The first-order valence-corrected chi connectivity index (χ1v) is 10.6. The lowest BCUT2D eigenvalue weighted by Gasteiger charge is -2.11. The SMILES string of the molecule is CCC(C)c1ccc(OCC(=O)Nc2cccc(-c3nc4cc(Cl)ccc4o3)c2)cc1. The first-order chi connectivity index (χ1) is 15.0. The maximum atomic E-state index is 12.3. The van der Waals surface area contributed by atoms with Gasteiger partial charge in [0.05, 0.1) is 0 Å². The van der Waals surface area contributed by atoms with Crippen molar-refractivity contribution < 1.29 is 13.9 Å². The van der Waals surface area contributed by atoms with Gasteiger partial charge in [-0.25, -0.2) is 4.98 Å². The highest BCUT2D eigenvalue weighted by Crippen LogP contribution is 2.28. The van der Waals surface area contributed by atoms with Crippen molar-refractivity contribution in [3.8, 4) is 17.2 Å². The van der Waals surface area contributed by atoms with Gasteiger partial charge in [-0.15, -0.1) is 0 Å². The van der Waals surface area contributed by atoms with Crippen LogP contribution in [0.2, 0.25) is 5.02 Å². The molecule has 0 bridgehead atoms. The molecule has 1 aromatic heterocycles. The first-order valence-electron chi connectivity index (χ1n) is 10.2. The van der Waals surface area contributed by atoms with Gasteiger partial charge in [0.1, 0.15) is 11.3 Å². The molecule has 0 saturated heterocycles. The van der Waals surface area contributed by atoms with E-state index >= 15 is 0 Å². The third kappa shape index (κ3) is 5.06. The molecule has 1 amide bonds. The second-order valence-electron chi connectivity index (χ2n) is 7.43. The number of aromatic nitrogens is 1. The maximum absolute atomic E-state index is 12.3. The molecule has 1 heterocycles. The largest absolute Gasteiger partial charge is 0.484 e. The molecule has 0 fully saturated rings. The number of fused-ring (bicyclic) bond motifs is 1. The lowest BCUT2D eigenvalue weighted by molar-refractivity contribution is -0.118. The highest BCUT2D eigenvalue weighted by atomic mass is 35.5. The number of nitrogens with zero attached hydrogens (tertiary/aromatic N) is 1. The normalized spacial score (nSPS) is 12.0. The molecule has 4 aromatic rings. The number of amides is 1. The van der Waals surface area contributed by atoms with Crippen molar-refractivity contribution in [1.29, 1.82) is 0 Å². The average molecular weight is 435 g/mol. The van der Waals surface area contributed by atoms with Crippen LogP contribution in [0.15, 0.2) is 71.1 Å². The van der Waals surface area contributed by atoms with Gasteiger partial charge in [0, 0.05) is 16.3 Å². The molecule has 3 aromatic carbocycles. The summed E-state index contributed by atoms with van der Waals surface area (Å²) >= 11 is 6.02. The smallest absolute Gasteiger partial charge is 0.262 e. The van der Waals surface area contributed by atoms with E-state index < -0.39 is 0 Å². The number of carbonyl (C=O) groups is 1. The summed E-state index contributed by atoms with van der Waals surface area (Å²) in [5.74, 6) is 1.39. The van der Waals surface area contributed by atoms with Crippen molar-refractivity contribution >= 4 is 34.3 Å². The summed E-state index contributed by atoms with van der Waals surface area (Å²) in [6.07, 6.45) is 1.08. The van der Waals surface area contributed by atoms with E-state index in [1.165, 1.54) is 5.56 Å². The molecule has 1 atom stereocenters. The first kappa shape index (κ1) is 20.9. The molecule has 5 nitrogen and oxygen atoms in total. The molecule has 0 aliphatic rings. The number of benzene rings is 3. The van der Waals surface area contributed by atoms with Crippen LogP contribution in [-0.4, -0.2) is 17.5 Å². The minimum atomic E-state index is -0.243. The second kappa shape index (κ2) is 9.23. The molecule has 1 N–H and O–H groups in total. The van der Waals surface area contributed by atoms with Gasteiger partial charge in [-0.1, -0.05) is 43.6 Å². The Morgan fingerprint density at radius 2 is 1.94 bits per heavy atom. The number of oxazole rings is 1. The Balaban J connectivity index is 1.39. The number of hydrogen-bond acceptors (Lipinski definition) is 4. The van der Waals surface area contributed by atoms with Gasteiger partial charge in [-0.3, -0.25) is 4.79 Å². The Morgan fingerprint density at radius 3 is 2.71 bits per heavy atom. The van der Waals surface area contributed by atoms with Crippen LogP contribution in [0.1, 0.15) is 31.7 Å². The Hall–Kier alpha value is -3.31. The maximum Gasteiger partial charge on any atom is 0.262 e. The number of rotatable bonds is 7. The van der Waals surface area contributed by atoms with Crippen molar-refractivity contribution in [1.82, 2.24) is 4.98 Å². The predicted octanol–water partition coefficient (Wildman–Crippen LogP) is 6.68. The van der Waals surface area contributed by atoms with Crippen LogP contribution >= 0.6 is 11.6 Å². The topological polar surface area (TPSA) is 64.4 Å². The van der Waals surface area contributed by atoms with E-state index in [0.717, 1.165) is 12.0 Å². The summed E-state index contributed by atoms with van der Waals surface area (Å²) in [6.45, 7) is 4.27. The molecule has 0 aliphatic heterocycles. The van der Waals surface area contributed by atoms with Gasteiger partial charge in [0.2, 0.25) is 5.89 Å². The van der Waals surface area contributed by atoms with Crippen LogP contribution in [0.4, 0.5) is 5.69 Å². The fraction of sp³-hybridized carbons (Fsp3) is 0.200. The van der Waals surface area contributed by atoms with Crippen LogP contribution in [0.3, 0.4) is 0 Å². The molecule has 1 unspecified atom stereocenters. The quantitative estimate of drug-likeness (QED) is 0.352. The van der Waals surface area contributed by atoms with Crippen LogP contribution < -0.4 is 10.1 Å². The summed E-state index contributed by atoms with van der Waals surface area (Å²) in [5, 5.41) is 3.45. The number of anilines is 1. The standard InChI is InChI=1S/C25H23ClN2O3/c1-3-16(2)17-7-10-21(11-8-17)30-15-24(29)27-20-6-4-5-18(13-20)25-28-22-14-19(26)9-12-23(22)31-25/h4-14,16H,3,15H2,1-2H3,(H,27,29). The zero-order valence-corrected chi connectivity index (χ0v) is 18.1. The Kier molecular flexibility index (Phi) is 6.23. The summed E-state index contributed by atoms with van der Waals surface area (Å²) in [7, 11) is 0. The van der Waals surface area contributed by atoms with E-state index in [9.17, 15) is 4.79 Å². The van der Waals surface area contributed by atoms with Crippen molar-refractivity contribution in [2.75, 3.05) is 11.9 Å². The van der Waals surface area contributed by atoms with E-state index in [4.69, 9.17) is 20.8 Å². The minimum absolute atomic E-state index is 0.0751. The fourth-order valence-corrected chi connectivity index (χ4v) is 3.39. The van der Waals surface area contributed by atoms with Gasteiger partial charge < -0.3 is 14.5 Å². The Morgan fingerprint density at radius 1 is 1.13 bits per heavy atom. The van der Waals surface area contributed by atoms with Gasteiger partial charge >= 0.3 is 0 Å². The van der Waals surface area contributed by atoms with Crippen LogP contribution in [0.25, 0.3) is 22.6 Å². The van der Waals surface area contributed by atoms with E-state index in [-0.39, 0.29) is 12.5 Å². The molecule has 0 aliphatic carbocycles. The third-order valence-electron chi connectivity index (χ3n) is 5.17. The van der Waals surface area contributed by atoms with Gasteiger partial charge in [-0.05, 0) is 66.4 Å². The molecule has 31 heavy (non-hydrogen) atoms. The zero-order chi connectivity index (χ0) is 21.8. The van der Waals surface area contributed by atoms with Crippen molar-refractivity contribution in [2.45, 2.75) is 26.2 Å². The number of halogens is 1. The summed E-state index contributed by atoms with van der Waals surface area (Å²) in [4.78, 5) is 16.8. The molecule has 158 valence electrons. The number of hydrogen-bond donors (Lipinski definition) is 1. The molecular formula is C25H23ClN2O3. The predicted molar refractivity (Wildman–Crippen MR) is 124 cm³/mol. The second-order valence-corrected chi connectivity index (χ2v) is 7.86. The van der Waals surface area contributed by atoms with Crippen molar-refractivity contribution in [2.24, 2.45) is 0 Å². The van der Waals surface area contributed by atoms with E-state index in [1.807, 2.05) is 48.5 Å². The van der Waals surface area contributed by atoms with Crippen LogP contribution in [-0.2, 0) is 4.79 Å². The summed E-state index contributed by atoms with van der Waals surface area (Å²) in [5.41, 5.74) is 3.99. The van der Waals surface area contributed by atoms with Gasteiger partial charge in [0.15, 0.2) is 12.2 Å². The number of carbonyl (C=O) groups excluding carboxylic acids is 1.